The van der Waals surface area contributed by atoms with E-state index in [2.05, 4.69) is 11.8 Å². The SMILES string of the molecule is CCCOCC(C)OCCOO. The lowest BCUT2D eigenvalue weighted by Crippen LogP contribution is -2.18. The Morgan fingerprint density at radius 3 is 2.58 bits per heavy atom. The van der Waals surface area contributed by atoms with Crippen LogP contribution in [0, 0.1) is 0 Å². The van der Waals surface area contributed by atoms with E-state index in [4.69, 9.17) is 14.7 Å². The Bertz CT molecular complexity index is 77.1. The first kappa shape index (κ1) is 11.8. The summed E-state index contributed by atoms with van der Waals surface area (Å²) in [7, 11) is 0. The molecular formula is C8H18O4. The number of hydrogen-bond acceptors (Lipinski definition) is 4. The molecule has 74 valence electrons. The maximum Gasteiger partial charge on any atom is 0.105 e. The van der Waals surface area contributed by atoms with Gasteiger partial charge in [0.2, 0.25) is 0 Å². The molecule has 0 aromatic rings. The predicted molar refractivity (Wildman–Crippen MR) is 45.1 cm³/mol. The molecule has 0 spiro atoms. The van der Waals surface area contributed by atoms with Gasteiger partial charge >= 0.3 is 0 Å². The third-order valence-electron chi connectivity index (χ3n) is 1.28. The summed E-state index contributed by atoms with van der Waals surface area (Å²) in [6, 6.07) is 0. The van der Waals surface area contributed by atoms with Gasteiger partial charge in [0.15, 0.2) is 0 Å². The van der Waals surface area contributed by atoms with Crippen molar-refractivity contribution in [3.63, 3.8) is 0 Å². The minimum atomic E-state index is 0.0618. The first-order valence-corrected chi connectivity index (χ1v) is 4.27. The van der Waals surface area contributed by atoms with Crippen LogP contribution in [0.4, 0.5) is 0 Å². The molecule has 12 heavy (non-hydrogen) atoms. The average Bonchev–Trinajstić information content (AvgIpc) is 2.06. The van der Waals surface area contributed by atoms with Crippen molar-refractivity contribution in [1.82, 2.24) is 0 Å². The molecule has 1 unspecified atom stereocenters. The molecule has 0 amide bonds. The van der Waals surface area contributed by atoms with Crippen LogP contribution in [0.5, 0.6) is 0 Å². The van der Waals surface area contributed by atoms with Crippen LogP contribution >= 0.6 is 0 Å². The molecule has 0 bridgehead atoms. The monoisotopic (exact) mass is 178 g/mol. The van der Waals surface area contributed by atoms with Crippen molar-refractivity contribution in [2.24, 2.45) is 0 Å². The summed E-state index contributed by atoms with van der Waals surface area (Å²) in [5.41, 5.74) is 0. The maximum atomic E-state index is 7.98. The lowest BCUT2D eigenvalue weighted by Gasteiger charge is -2.12. The lowest BCUT2D eigenvalue weighted by atomic mass is 10.4. The molecule has 0 saturated heterocycles. The topological polar surface area (TPSA) is 47.9 Å². The van der Waals surface area contributed by atoms with Crippen LogP contribution in [0.3, 0.4) is 0 Å². The minimum absolute atomic E-state index is 0.0618. The summed E-state index contributed by atoms with van der Waals surface area (Å²) in [6.07, 6.45) is 1.08. The van der Waals surface area contributed by atoms with Crippen LogP contribution in [0.2, 0.25) is 0 Å². The van der Waals surface area contributed by atoms with Gasteiger partial charge in [-0.25, -0.2) is 4.89 Å². The molecule has 0 aliphatic heterocycles. The molecule has 0 aromatic heterocycles. The van der Waals surface area contributed by atoms with Crippen molar-refractivity contribution >= 4 is 0 Å². The zero-order valence-corrected chi connectivity index (χ0v) is 7.78. The normalized spacial score (nSPS) is 13.2. The molecule has 0 saturated carbocycles. The predicted octanol–water partition coefficient (Wildman–Crippen LogP) is 1.31. The lowest BCUT2D eigenvalue weighted by molar-refractivity contribution is -0.251. The highest BCUT2D eigenvalue weighted by Gasteiger charge is 2.00. The molecule has 1 atom stereocenters. The highest BCUT2D eigenvalue weighted by Crippen LogP contribution is 1.92. The van der Waals surface area contributed by atoms with Gasteiger partial charge in [-0.1, -0.05) is 6.92 Å². The van der Waals surface area contributed by atoms with Crippen molar-refractivity contribution in [3.8, 4) is 0 Å². The zero-order chi connectivity index (χ0) is 9.23. The Labute approximate surface area is 73.4 Å². The van der Waals surface area contributed by atoms with Crippen LogP contribution < -0.4 is 0 Å². The van der Waals surface area contributed by atoms with Gasteiger partial charge in [0, 0.05) is 6.61 Å². The molecule has 0 rings (SSSR count). The minimum Gasteiger partial charge on any atom is -0.379 e. The first-order chi connectivity index (χ1) is 5.81. The summed E-state index contributed by atoms with van der Waals surface area (Å²) in [5, 5.41) is 7.98. The molecule has 0 aromatic carbocycles. The second kappa shape index (κ2) is 8.93. The van der Waals surface area contributed by atoms with Gasteiger partial charge in [-0.2, -0.15) is 0 Å². The average molecular weight is 178 g/mol. The summed E-state index contributed by atoms with van der Waals surface area (Å²) >= 11 is 0. The van der Waals surface area contributed by atoms with E-state index in [0.717, 1.165) is 13.0 Å². The van der Waals surface area contributed by atoms with E-state index in [0.29, 0.717) is 13.2 Å². The van der Waals surface area contributed by atoms with E-state index in [-0.39, 0.29) is 12.7 Å². The molecule has 0 heterocycles. The fraction of sp³-hybridized carbons (Fsp3) is 1.00. The largest absolute Gasteiger partial charge is 0.379 e. The Hall–Kier alpha value is -0.160. The van der Waals surface area contributed by atoms with Gasteiger partial charge in [0.1, 0.15) is 6.61 Å². The fourth-order valence-electron chi connectivity index (χ4n) is 0.728. The van der Waals surface area contributed by atoms with Gasteiger partial charge in [-0.3, -0.25) is 5.26 Å². The van der Waals surface area contributed by atoms with E-state index in [1.54, 1.807) is 0 Å². The fourth-order valence-corrected chi connectivity index (χ4v) is 0.728. The van der Waals surface area contributed by atoms with E-state index in [1.807, 2.05) is 6.92 Å². The second-order valence-electron chi connectivity index (χ2n) is 2.59. The third-order valence-corrected chi connectivity index (χ3v) is 1.28. The molecular weight excluding hydrogens is 160 g/mol. The molecule has 1 N–H and O–H groups in total. The molecule has 0 aliphatic carbocycles. The van der Waals surface area contributed by atoms with E-state index < -0.39 is 0 Å². The van der Waals surface area contributed by atoms with Gasteiger partial charge in [0.25, 0.3) is 0 Å². The molecule has 4 nitrogen and oxygen atoms in total. The Morgan fingerprint density at radius 1 is 1.25 bits per heavy atom. The highest BCUT2D eigenvalue weighted by molar-refractivity contribution is 4.46. The van der Waals surface area contributed by atoms with Crippen molar-refractivity contribution < 1.29 is 19.6 Å². The van der Waals surface area contributed by atoms with Crippen molar-refractivity contribution in [2.75, 3.05) is 26.4 Å². The van der Waals surface area contributed by atoms with Gasteiger partial charge in [-0.15, -0.1) is 0 Å². The molecule has 4 heteroatoms. The second-order valence-corrected chi connectivity index (χ2v) is 2.59. The quantitative estimate of drug-likeness (QED) is 0.346. The van der Waals surface area contributed by atoms with Gasteiger partial charge in [-0.05, 0) is 13.3 Å². The summed E-state index contributed by atoms with van der Waals surface area (Å²) in [4.78, 5) is 3.85. The maximum absolute atomic E-state index is 7.98. The first-order valence-electron chi connectivity index (χ1n) is 4.27. The zero-order valence-electron chi connectivity index (χ0n) is 7.78. The highest BCUT2D eigenvalue weighted by atomic mass is 17.1. The van der Waals surface area contributed by atoms with Crippen LogP contribution in [0.15, 0.2) is 0 Å². The third kappa shape index (κ3) is 7.94. The van der Waals surface area contributed by atoms with Crippen LogP contribution in [0.25, 0.3) is 0 Å². The summed E-state index contributed by atoms with van der Waals surface area (Å²) in [6.45, 7) is 5.95. The smallest absolute Gasteiger partial charge is 0.105 e. The van der Waals surface area contributed by atoms with Crippen molar-refractivity contribution in [2.45, 2.75) is 26.4 Å². The van der Waals surface area contributed by atoms with Crippen LogP contribution in [0.1, 0.15) is 20.3 Å². The van der Waals surface area contributed by atoms with Crippen LogP contribution in [-0.4, -0.2) is 37.8 Å². The van der Waals surface area contributed by atoms with E-state index in [1.165, 1.54) is 0 Å². The standard InChI is InChI=1S/C8H18O4/c1-3-4-10-7-8(2)11-5-6-12-9/h8-9H,3-7H2,1-2H3. The van der Waals surface area contributed by atoms with Crippen molar-refractivity contribution in [1.29, 1.82) is 0 Å². The number of hydrogen-bond donors (Lipinski definition) is 1. The molecule has 0 radical (unpaired) electrons. The Balaban J connectivity index is 3.04. The molecule has 0 aliphatic rings. The van der Waals surface area contributed by atoms with Gasteiger partial charge in [0.05, 0.1) is 19.3 Å². The van der Waals surface area contributed by atoms with Crippen LogP contribution in [-0.2, 0) is 14.4 Å². The number of ether oxygens (including phenoxy) is 2. The summed E-state index contributed by atoms with van der Waals surface area (Å²) < 4.78 is 10.5. The summed E-state index contributed by atoms with van der Waals surface area (Å²) in [5.74, 6) is 0. The molecule has 0 fully saturated rings. The van der Waals surface area contributed by atoms with Gasteiger partial charge < -0.3 is 9.47 Å². The van der Waals surface area contributed by atoms with Crippen molar-refractivity contribution in [3.05, 3.63) is 0 Å². The van der Waals surface area contributed by atoms with E-state index in [9.17, 15) is 0 Å². The Morgan fingerprint density at radius 2 is 2.00 bits per heavy atom. The van der Waals surface area contributed by atoms with E-state index >= 15 is 0 Å². The Kier molecular flexibility index (Phi) is 8.81. The number of rotatable bonds is 8.